The molecular weight excluding hydrogens is 222 g/mol. The summed E-state index contributed by atoms with van der Waals surface area (Å²) in [6.07, 6.45) is 1.56. The van der Waals surface area contributed by atoms with E-state index in [1.807, 2.05) is 6.92 Å². The van der Waals surface area contributed by atoms with Crippen molar-refractivity contribution in [2.24, 2.45) is 0 Å². The Hall–Kier alpha value is -0.393. The molecule has 0 heterocycles. The van der Waals surface area contributed by atoms with Crippen LogP contribution < -0.4 is 5.32 Å². The van der Waals surface area contributed by atoms with Crippen LogP contribution in [0.2, 0.25) is 19.1 Å². The third-order valence-electron chi connectivity index (χ3n) is 2.50. The minimum absolute atomic E-state index is 0.124. The van der Waals surface area contributed by atoms with Crippen LogP contribution in [0.1, 0.15) is 19.8 Å². The Labute approximate surface area is 99.8 Å². The fourth-order valence-corrected chi connectivity index (χ4v) is 2.52. The molecule has 0 amide bonds. The molecule has 0 bridgehead atoms. The molecule has 0 saturated carbocycles. The highest BCUT2D eigenvalue weighted by molar-refractivity contribution is 6.71. The Morgan fingerprint density at radius 1 is 1.31 bits per heavy atom. The molecule has 5 heteroatoms. The minimum Gasteiger partial charge on any atom is -0.466 e. The van der Waals surface area contributed by atoms with Crippen LogP contribution in [0.15, 0.2) is 0 Å². The molecule has 0 radical (unpaired) electrons. The first-order valence-electron chi connectivity index (χ1n) is 5.93. The molecule has 96 valence electrons. The van der Waals surface area contributed by atoms with Crippen molar-refractivity contribution in [3.8, 4) is 0 Å². The Bertz CT molecular complexity index is 198. The lowest BCUT2D eigenvalue weighted by molar-refractivity contribution is -0.142. The number of carbonyl (C=O) groups is 1. The maximum Gasteiger partial charge on any atom is 0.307 e. The average Bonchev–Trinajstić information content (AvgIpc) is 2.23. The fraction of sp³-hybridized carbons (Fsp3) is 0.909. The molecule has 0 atom stereocenters. The van der Waals surface area contributed by atoms with Crippen LogP contribution in [0.25, 0.3) is 0 Å². The number of hydrogen-bond acceptors (Lipinski definition) is 4. The molecule has 1 N–H and O–H groups in total. The zero-order valence-corrected chi connectivity index (χ0v) is 12.0. The van der Waals surface area contributed by atoms with Gasteiger partial charge in [0.2, 0.25) is 0 Å². The zero-order chi connectivity index (χ0) is 12.4. The van der Waals surface area contributed by atoms with Gasteiger partial charge in [-0.1, -0.05) is 0 Å². The molecule has 0 rings (SSSR count). The van der Waals surface area contributed by atoms with E-state index < -0.39 is 8.32 Å². The molecule has 0 fully saturated rings. The van der Waals surface area contributed by atoms with Gasteiger partial charge in [0.05, 0.1) is 13.0 Å². The van der Waals surface area contributed by atoms with Crippen LogP contribution in [0.4, 0.5) is 0 Å². The van der Waals surface area contributed by atoms with Crippen LogP contribution in [-0.2, 0) is 14.0 Å². The second-order valence-corrected chi connectivity index (χ2v) is 8.80. The maximum atomic E-state index is 11.0. The van der Waals surface area contributed by atoms with E-state index in [9.17, 15) is 4.79 Å². The van der Waals surface area contributed by atoms with Crippen LogP contribution in [0.5, 0.6) is 0 Å². The van der Waals surface area contributed by atoms with E-state index in [0.717, 1.165) is 19.0 Å². The SMILES string of the molecule is CCOC(=O)CCNCCC[Si](C)(C)OC. The highest BCUT2D eigenvalue weighted by Gasteiger charge is 2.19. The molecule has 0 aromatic carbocycles. The molecule has 0 aliphatic heterocycles. The van der Waals surface area contributed by atoms with Crippen molar-refractivity contribution in [1.29, 1.82) is 0 Å². The fourth-order valence-electron chi connectivity index (χ4n) is 1.29. The summed E-state index contributed by atoms with van der Waals surface area (Å²) in [6.45, 7) is 8.36. The van der Waals surface area contributed by atoms with Crippen molar-refractivity contribution >= 4 is 14.3 Å². The Morgan fingerprint density at radius 3 is 2.56 bits per heavy atom. The molecule has 4 nitrogen and oxygen atoms in total. The Kier molecular flexibility index (Phi) is 8.51. The topological polar surface area (TPSA) is 47.6 Å². The first kappa shape index (κ1) is 15.6. The number of rotatable bonds is 9. The van der Waals surface area contributed by atoms with Gasteiger partial charge in [0.25, 0.3) is 0 Å². The molecule has 0 aromatic rings. The predicted octanol–water partition coefficient (Wildman–Crippen LogP) is 1.77. The summed E-state index contributed by atoms with van der Waals surface area (Å²) in [5.41, 5.74) is 0. The monoisotopic (exact) mass is 247 g/mol. The lowest BCUT2D eigenvalue weighted by Crippen LogP contribution is -2.30. The van der Waals surface area contributed by atoms with Gasteiger partial charge in [-0.2, -0.15) is 0 Å². The van der Waals surface area contributed by atoms with E-state index in [1.165, 1.54) is 0 Å². The number of nitrogens with one attached hydrogen (secondary N) is 1. The number of esters is 1. The quantitative estimate of drug-likeness (QED) is 0.383. The van der Waals surface area contributed by atoms with Gasteiger partial charge in [0.1, 0.15) is 0 Å². The van der Waals surface area contributed by atoms with Gasteiger partial charge >= 0.3 is 5.97 Å². The van der Waals surface area contributed by atoms with Crippen LogP contribution in [-0.4, -0.2) is 41.1 Å². The first-order chi connectivity index (χ1) is 7.52. The smallest absolute Gasteiger partial charge is 0.307 e. The number of carbonyl (C=O) groups excluding carboxylic acids is 1. The highest BCUT2D eigenvalue weighted by Crippen LogP contribution is 2.11. The Morgan fingerprint density at radius 2 is 2.00 bits per heavy atom. The summed E-state index contributed by atoms with van der Waals surface area (Å²) in [5.74, 6) is -0.124. The molecule has 0 saturated heterocycles. The predicted molar refractivity (Wildman–Crippen MR) is 68.0 cm³/mol. The molecular formula is C11H25NO3Si. The van der Waals surface area contributed by atoms with Gasteiger partial charge in [0.15, 0.2) is 8.32 Å². The van der Waals surface area contributed by atoms with Crippen LogP contribution in [0.3, 0.4) is 0 Å². The van der Waals surface area contributed by atoms with Gasteiger partial charge in [-0.15, -0.1) is 0 Å². The third-order valence-corrected chi connectivity index (χ3v) is 5.16. The summed E-state index contributed by atoms with van der Waals surface area (Å²) in [4.78, 5) is 11.0. The van der Waals surface area contributed by atoms with Crippen LogP contribution in [0, 0.1) is 0 Å². The standard InChI is InChI=1S/C11H25NO3Si/c1-5-15-11(13)7-9-12-8-6-10-16(3,4)14-2/h12H,5-10H2,1-4H3. The average molecular weight is 247 g/mol. The van der Waals surface area contributed by atoms with Crippen molar-refractivity contribution in [3.63, 3.8) is 0 Å². The van der Waals surface area contributed by atoms with Crippen molar-refractivity contribution < 1.29 is 14.0 Å². The largest absolute Gasteiger partial charge is 0.466 e. The summed E-state index contributed by atoms with van der Waals surface area (Å²) < 4.78 is 10.3. The van der Waals surface area contributed by atoms with Gasteiger partial charge in [0, 0.05) is 13.7 Å². The summed E-state index contributed by atoms with van der Waals surface area (Å²) in [7, 11) is 0.388. The number of hydrogen-bond donors (Lipinski definition) is 1. The minimum atomic E-state index is -1.40. The molecule has 0 unspecified atom stereocenters. The van der Waals surface area contributed by atoms with E-state index in [1.54, 1.807) is 7.11 Å². The molecule has 16 heavy (non-hydrogen) atoms. The summed E-state index contributed by atoms with van der Waals surface area (Å²) in [6, 6.07) is 1.15. The molecule has 0 spiro atoms. The first-order valence-corrected chi connectivity index (χ1v) is 9.05. The van der Waals surface area contributed by atoms with E-state index >= 15 is 0 Å². The molecule has 0 aliphatic rings. The lowest BCUT2D eigenvalue weighted by Gasteiger charge is -2.19. The lowest BCUT2D eigenvalue weighted by atomic mass is 10.4. The van der Waals surface area contributed by atoms with Crippen molar-refractivity contribution in [1.82, 2.24) is 5.32 Å². The van der Waals surface area contributed by atoms with Gasteiger partial charge in [-0.05, 0) is 39.0 Å². The number of ether oxygens (including phenoxy) is 1. The maximum absolute atomic E-state index is 11.0. The van der Waals surface area contributed by atoms with Crippen molar-refractivity contribution in [2.45, 2.75) is 38.9 Å². The van der Waals surface area contributed by atoms with E-state index in [0.29, 0.717) is 19.6 Å². The Balaban J connectivity index is 3.31. The summed E-state index contributed by atoms with van der Waals surface area (Å²) >= 11 is 0. The van der Waals surface area contributed by atoms with E-state index in [4.69, 9.17) is 9.16 Å². The molecule has 0 aromatic heterocycles. The van der Waals surface area contributed by atoms with Gasteiger partial charge < -0.3 is 14.5 Å². The van der Waals surface area contributed by atoms with E-state index in [2.05, 4.69) is 18.4 Å². The normalized spacial score (nSPS) is 11.5. The van der Waals surface area contributed by atoms with Crippen molar-refractivity contribution in [3.05, 3.63) is 0 Å². The van der Waals surface area contributed by atoms with Crippen molar-refractivity contribution in [2.75, 3.05) is 26.8 Å². The van der Waals surface area contributed by atoms with Crippen LogP contribution >= 0.6 is 0 Å². The van der Waals surface area contributed by atoms with Gasteiger partial charge in [-0.25, -0.2) is 0 Å². The summed E-state index contributed by atoms with van der Waals surface area (Å²) in [5, 5.41) is 3.24. The second-order valence-electron chi connectivity index (χ2n) is 4.37. The highest BCUT2D eigenvalue weighted by atomic mass is 28.4. The second kappa shape index (κ2) is 8.72. The third kappa shape index (κ3) is 8.88. The van der Waals surface area contributed by atoms with Gasteiger partial charge in [-0.3, -0.25) is 4.79 Å². The zero-order valence-electron chi connectivity index (χ0n) is 11.0. The molecule has 0 aliphatic carbocycles. The van der Waals surface area contributed by atoms with E-state index in [-0.39, 0.29) is 5.97 Å².